The number of imide groups is 1. The van der Waals surface area contributed by atoms with E-state index in [0.717, 1.165) is 10.5 Å². The number of nitrogens with zero attached hydrogens (tertiary/aromatic N) is 1. The molecule has 2 amide bonds. The Morgan fingerprint density at radius 3 is 1.75 bits per heavy atom. The topological polar surface area (TPSA) is 55.8 Å². The second-order valence-corrected chi connectivity index (χ2v) is 8.05. The van der Waals surface area contributed by atoms with Crippen LogP contribution >= 0.6 is 0 Å². The van der Waals surface area contributed by atoms with Crippen molar-refractivity contribution in [3.63, 3.8) is 0 Å². The lowest BCUT2D eigenvalue weighted by Crippen LogP contribution is -2.43. The van der Waals surface area contributed by atoms with E-state index in [4.69, 9.17) is 9.47 Å². The minimum atomic E-state index is -0.752. The van der Waals surface area contributed by atoms with Crippen LogP contribution in [0.5, 0.6) is 0 Å². The van der Waals surface area contributed by atoms with E-state index in [1.165, 1.54) is 0 Å². The van der Waals surface area contributed by atoms with Crippen LogP contribution < -0.4 is 4.90 Å². The average molecular weight is 335 g/mol. The van der Waals surface area contributed by atoms with Gasteiger partial charge in [0.2, 0.25) is 0 Å². The Morgan fingerprint density at radius 1 is 0.917 bits per heavy atom. The number of rotatable bonds is 2. The number of hydrogen-bond acceptors (Lipinski definition) is 4. The van der Waals surface area contributed by atoms with Gasteiger partial charge in [-0.1, -0.05) is 26.0 Å². The summed E-state index contributed by atoms with van der Waals surface area (Å²) in [4.78, 5) is 26.1. The zero-order valence-electron chi connectivity index (χ0n) is 16.0. The standard InChI is InChI=1S/C19H29NO4/c1-13(2)14-10-9-11-15(12-14)20(16(21)23-18(3,4)5)17(22)24-19(6,7)8/h9-13H,1-8H3. The third-order valence-corrected chi connectivity index (χ3v) is 2.95. The molecule has 0 saturated carbocycles. The van der Waals surface area contributed by atoms with Crippen molar-refractivity contribution in [2.24, 2.45) is 0 Å². The molecule has 5 heteroatoms. The molecule has 0 saturated heterocycles. The summed E-state index contributed by atoms with van der Waals surface area (Å²) in [6.07, 6.45) is -1.50. The van der Waals surface area contributed by atoms with E-state index >= 15 is 0 Å². The summed E-state index contributed by atoms with van der Waals surface area (Å²) in [6.45, 7) is 14.6. The third-order valence-electron chi connectivity index (χ3n) is 2.95. The lowest BCUT2D eigenvalue weighted by atomic mass is 10.0. The summed E-state index contributed by atoms with van der Waals surface area (Å²) in [5.74, 6) is 0.268. The number of benzene rings is 1. The zero-order chi connectivity index (χ0) is 18.7. The van der Waals surface area contributed by atoms with Crippen LogP contribution in [0.2, 0.25) is 0 Å². The van der Waals surface area contributed by atoms with Gasteiger partial charge in [0.05, 0.1) is 5.69 Å². The number of anilines is 1. The molecule has 1 aromatic rings. The summed E-state index contributed by atoms with van der Waals surface area (Å²) in [5, 5.41) is 0. The molecule has 134 valence electrons. The number of carbonyl (C=O) groups is 2. The number of ether oxygens (including phenoxy) is 2. The fourth-order valence-corrected chi connectivity index (χ4v) is 1.92. The van der Waals surface area contributed by atoms with E-state index in [1.807, 2.05) is 26.0 Å². The SMILES string of the molecule is CC(C)c1cccc(N(C(=O)OC(C)(C)C)C(=O)OC(C)(C)C)c1. The van der Waals surface area contributed by atoms with Crippen molar-refractivity contribution >= 4 is 17.9 Å². The van der Waals surface area contributed by atoms with Gasteiger partial charge in [0, 0.05) is 0 Å². The molecule has 0 bridgehead atoms. The molecule has 0 aromatic heterocycles. The molecule has 24 heavy (non-hydrogen) atoms. The first-order chi connectivity index (χ1) is 10.8. The van der Waals surface area contributed by atoms with Gasteiger partial charge in [0.15, 0.2) is 0 Å². The van der Waals surface area contributed by atoms with E-state index in [9.17, 15) is 9.59 Å². The quantitative estimate of drug-likeness (QED) is 0.717. The molecule has 0 heterocycles. The van der Waals surface area contributed by atoms with Gasteiger partial charge in [-0.15, -0.1) is 0 Å². The molecular formula is C19H29NO4. The van der Waals surface area contributed by atoms with Gasteiger partial charge in [0.1, 0.15) is 11.2 Å². The largest absolute Gasteiger partial charge is 0.443 e. The number of hydrogen-bond donors (Lipinski definition) is 0. The summed E-state index contributed by atoms with van der Waals surface area (Å²) in [7, 11) is 0. The third kappa shape index (κ3) is 6.22. The Labute approximate surface area is 144 Å². The lowest BCUT2D eigenvalue weighted by Gasteiger charge is -2.29. The van der Waals surface area contributed by atoms with Gasteiger partial charge in [-0.2, -0.15) is 4.90 Å². The monoisotopic (exact) mass is 335 g/mol. The van der Waals surface area contributed by atoms with Crippen molar-refractivity contribution < 1.29 is 19.1 Å². The molecule has 0 unspecified atom stereocenters. The molecule has 0 aliphatic carbocycles. The molecule has 0 spiro atoms. The second-order valence-electron chi connectivity index (χ2n) is 8.05. The highest BCUT2D eigenvalue weighted by Gasteiger charge is 2.32. The summed E-state index contributed by atoms with van der Waals surface area (Å²) in [5.41, 5.74) is 0.0225. The van der Waals surface area contributed by atoms with Crippen LogP contribution in [0.1, 0.15) is 66.9 Å². The van der Waals surface area contributed by atoms with Gasteiger partial charge >= 0.3 is 12.2 Å². The molecule has 0 atom stereocenters. The Morgan fingerprint density at radius 2 is 1.38 bits per heavy atom. The van der Waals surface area contributed by atoms with Crippen LogP contribution in [0.25, 0.3) is 0 Å². The van der Waals surface area contributed by atoms with E-state index in [-0.39, 0.29) is 5.92 Å². The number of amides is 2. The van der Waals surface area contributed by atoms with Gasteiger partial charge in [0.25, 0.3) is 0 Å². The Balaban J connectivity index is 3.25. The van der Waals surface area contributed by atoms with E-state index in [0.29, 0.717) is 5.69 Å². The van der Waals surface area contributed by atoms with Crippen molar-refractivity contribution in [3.05, 3.63) is 29.8 Å². The zero-order valence-corrected chi connectivity index (χ0v) is 16.0. The number of carbonyl (C=O) groups excluding carboxylic acids is 2. The molecule has 0 aliphatic heterocycles. The fourth-order valence-electron chi connectivity index (χ4n) is 1.92. The predicted octanol–water partition coefficient (Wildman–Crippen LogP) is 5.49. The Bertz CT molecular complexity index is 566. The van der Waals surface area contributed by atoms with Crippen LogP contribution in [0.4, 0.5) is 15.3 Å². The van der Waals surface area contributed by atoms with Gasteiger partial charge in [-0.05, 0) is 65.2 Å². The minimum absolute atomic E-state index is 0.268. The molecule has 0 fully saturated rings. The Hall–Kier alpha value is -2.04. The van der Waals surface area contributed by atoms with Crippen molar-refractivity contribution in [3.8, 4) is 0 Å². The van der Waals surface area contributed by atoms with Crippen molar-refractivity contribution in [1.82, 2.24) is 0 Å². The molecular weight excluding hydrogens is 306 g/mol. The fraction of sp³-hybridized carbons (Fsp3) is 0.579. The lowest BCUT2D eigenvalue weighted by molar-refractivity contribution is 0.0431. The van der Waals surface area contributed by atoms with Crippen molar-refractivity contribution in [2.45, 2.75) is 72.5 Å². The highest BCUT2D eigenvalue weighted by molar-refractivity contribution is 6.09. The summed E-state index contributed by atoms with van der Waals surface area (Å²) in [6, 6.07) is 7.27. The van der Waals surface area contributed by atoms with Crippen molar-refractivity contribution in [2.75, 3.05) is 4.90 Å². The smallest absolute Gasteiger partial charge is 0.424 e. The summed E-state index contributed by atoms with van der Waals surface area (Å²) < 4.78 is 10.8. The maximum atomic E-state index is 12.6. The second kappa shape index (κ2) is 7.24. The van der Waals surface area contributed by atoms with Crippen LogP contribution in [0.3, 0.4) is 0 Å². The first-order valence-electron chi connectivity index (χ1n) is 8.16. The van der Waals surface area contributed by atoms with Gasteiger partial charge in [-0.3, -0.25) is 0 Å². The van der Waals surface area contributed by atoms with E-state index < -0.39 is 23.4 Å². The van der Waals surface area contributed by atoms with Crippen LogP contribution in [-0.2, 0) is 9.47 Å². The van der Waals surface area contributed by atoms with Gasteiger partial charge in [-0.25, -0.2) is 9.59 Å². The molecule has 5 nitrogen and oxygen atoms in total. The van der Waals surface area contributed by atoms with E-state index in [1.54, 1.807) is 53.7 Å². The van der Waals surface area contributed by atoms with Crippen LogP contribution in [0.15, 0.2) is 24.3 Å². The maximum absolute atomic E-state index is 12.6. The normalized spacial score (nSPS) is 12.0. The maximum Gasteiger partial charge on any atom is 0.424 e. The van der Waals surface area contributed by atoms with E-state index in [2.05, 4.69) is 0 Å². The molecule has 0 N–H and O–H groups in total. The Kier molecular flexibility index (Phi) is 6.04. The molecule has 1 rings (SSSR count). The minimum Gasteiger partial charge on any atom is -0.443 e. The average Bonchev–Trinajstić information content (AvgIpc) is 2.34. The first kappa shape index (κ1) is 20.0. The van der Waals surface area contributed by atoms with Crippen molar-refractivity contribution in [1.29, 1.82) is 0 Å². The van der Waals surface area contributed by atoms with Crippen LogP contribution in [-0.4, -0.2) is 23.4 Å². The highest BCUT2D eigenvalue weighted by Crippen LogP contribution is 2.25. The first-order valence-corrected chi connectivity index (χ1v) is 8.16. The highest BCUT2D eigenvalue weighted by atomic mass is 16.6. The summed E-state index contributed by atoms with van der Waals surface area (Å²) >= 11 is 0. The molecule has 0 aliphatic rings. The predicted molar refractivity (Wildman–Crippen MR) is 95.5 cm³/mol. The molecule has 1 aromatic carbocycles. The van der Waals surface area contributed by atoms with Crippen LogP contribution in [0, 0.1) is 0 Å². The van der Waals surface area contributed by atoms with Gasteiger partial charge < -0.3 is 9.47 Å². The molecule has 0 radical (unpaired) electrons.